The second kappa shape index (κ2) is 12.0. The molecule has 10 nitrogen and oxygen atoms in total. The van der Waals surface area contributed by atoms with Gasteiger partial charge in [-0.1, -0.05) is 24.3 Å². The molecule has 2 aliphatic rings. The molecule has 2 N–H and O–H groups in total. The van der Waals surface area contributed by atoms with Crippen LogP contribution in [0.3, 0.4) is 0 Å². The van der Waals surface area contributed by atoms with Crippen LogP contribution in [0.2, 0.25) is 0 Å². The molecule has 0 bridgehead atoms. The molecule has 1 atom stereocenters. The standard InChI is InChI=1S/C25H33N7O3S.H2S/c1-31(2)36(33,34)32-12-7-19(8-13-32)18-3-5-20(6-4-18)22-15-23-24(28-10-9-27-23)25(30-22)29-17-21-16-26-11-14-35-21;/h3-6,9-10,15,19,21,26H,7-8,11-14,16-17H2,1-2H3,(H,29,30);1H2/t21-;/m0./s1. The summed E-state index contributed by atoms with van der Waals surface area (Å²) in [5, 5.41) is 6.76. The molecule has 1 aromatic carbocycles. The van der Waals surface area contributed by atoms with Gasteiger partial charge in [0.05, 0.1) is 23.9 Å². The smallest absolute Gasteiger partial charge is 0.281 e. The summed E-state index contributed by atoms with van der Waals surface area (Å²) < 4.78 is 33.5. The van der Waals surface area contributed by atoms with Crippen molar-refractivity contribution in [3.63, 3.8) is 0 Å². The Morgan fingerprint density at radius 1 is 1.14 bits per heavy atom. The minimum absolute atomic E-state index is 0. The quantitative estimate of drug-likeness (QED) is 0.465. The Kier molecular flexibility index (Phi) is 8.98. The first-order chi connectivity index (χ1) is 17.4. The van der Waals surface area contributed by atoms with Gasteiger partial charge in [0.1, 0.15) is 5.52 Å². The van der Waals surface area contributed by atoms with Crippen LogP contribution < -0.4 is 10.6 Å². The summed E-state index contributed by atoms with van der Waals surface area (Å²) >= 11 is 0. The molecule has 4 heterocycles. The molecule has 0 saturated carbocycles. The molecule has 12 heteroatoms. The second-order valence-corrected chi connectivity index (χ2v) is 11.6. The largest absolute Gasteiger partial charge is 0.374 e. The lowest BCUT2D eigenvalue weighted by Crippen LogP contribution is -2.44. The van der Waals surface area contributed by atoms with E-state index in [-0.39, 0.29) is 19.6 Å². The minimum atomic E-state index is -3.35. The van der Waals surface area contributed by atoms with Crippen LogP contribution >= 0.6 is 13.5 Å². The monoisotopic (exact) mass is 545 g/mol. The third-order valence-corrected chi connectivity index (χ3v) is 8.82. The van der Waals surface area contributed by atoms with Crippen molar-refractivity contribution >= 4 is 40.6 Å². The van der Waals surface area contributed by atoms with Gasteiger partial charge in [0.2, 0.25) is 0 Å². The molecule has 0 spiro atoms. The molecule has 3 aromatic rings. The summed E-state index contributed by atoms with van der Waals surface area (Å²) in [4.78, 5) is 13.9. The van der Waals surface area contributed by atoms with Gasteiger partial charge >= 0.3 is 0 Å². The highest BCUT2D eigenvalue weighted by Crippen LogP contribution is 2.32. The van der Waals surface area contributed by atoms with E-state index in [0.717, 1.165) is 48.2 Å². The molecule has 0 radical (unpaired) electrons. The lowest BCUT2D eigenvalue weighted by atomic mass is 9.89. The van der Waals surface area contributed by atoms with Crippen molar-refractivity contribution in [2.75, 3.05) is 58.7 Å². The highest BCUT2D eigenvalue weighted by Gasteiger charge is 2.30. The number of aromatic nitrogens is 3. The van der Waals surface area contributed by atoms with Gasteiger partial charge in [-0.05, 0) is 30.4 Å². The van der Waals surface area contributed by atoms with Crippen LogP contribution in [-0.4, -0.2) is 91.5 Å². The fraction of sp³-hybridized carbons (Fsp3) is 0.480. The summed E-state index contributed by atoms with van der Waals surface area (Å²) in [6, 6.07) is 10.4. The minimum Gasteiger partial charge on any atom is -0.374 e. The van der Waals surface area contributed by atoms with E-state index >= 15 is 0 Å². The summed E-state index contributed by atoms with van der Waals surface area (Å²) in [5.41, 5.74) is 4.57. The van der Waals surface area contributed by atoms with Gasteiger partial charge in [0, 0.05) is 64.8 Å². The first-order valence-electron chi connectivity index (χ1n) is 12.4. The Morgan fingerprint density at radius 3 is 2.54 bits per heavy atom. The van der Waals surface area contributed by atoms with E-state index in [4.69, 9.17) is 9.72 Å². The summed E-state index contributed by atoms with van der Waals surface area (Å²) in [6.45, 7) is 4.09. The summed E-state index contributed by atoms with van der Waals surface area (Å²) in [7, 11) is -0.197. The predicted octanol–water partition coefficient (Wildman–Crippen LogP) is 2.19. The van der Waals surface area contributed by atoms with Crippen LogP contribution in [0.15, 0.2) is 42.7 Å². The van der Waals surface area contributed by atoms with E-state index in [2.05, 4.69) is 44.9 Å². The van der Waals surface area contributed by atoms with Crippen LogP contribution in [0.4, 0.5) is 5.82 Å². The number of fused-ring (bicyclic) bond motifs is 1. The first-order valence-corrected chi connectivity index (χ1v) is 13.8. The number of nitrogens with one attached hydrogen (secondary N) is 2. The van der Waals surface area contributed by atoms with Crippen LogP contribution in [0.5, 0.6) is 0 Å². The van der Waals surface area contributed by atoms with Gasteiger partial charge in [-0.25, -0.2) is 9.97 Å². The van der Waals surface area contributed by atoms with E-state index < -0.39 is 10.2 Å². The molecular formula is C25H35N7O3S2. The first kappa shape index (κ1) is 27.7. The number of rotatable bonds is 7. The van der Waals surface area contributed by atoms with E-state index in [1.54, 1.807) is 30.8 Å². The molecule has 0 amide bonds. The highest BCUT2D eigenvalue weighted by molar-refractivity contribution is 7.86. The molecule has 2 aromatic heterocycles. The maximum atomic E-state index is 12.4. The number of hydrogen-bond donors (Lipinski definition) is 2. The molecule has 2 aliphatic heterocycles. The molecule has 2 fully saturated rings. The zero-order valence-corrected chi connectivity index (χ0v) is 23.0. The van der Waals surface area contributed by atoms with Crippen LogP contribution in [-0.2, 0) is 14.9 Å². The van der Waals surface area contributed by atoms with Gasteiger partial charge in [-0.2, -0.15) is 30.5 Å². The lowest BCUT2D eigenvalue weighted by molar-refractivity contribution is 0.0372. The fourth-order valence-corrected chi connectivity index (χ4v) is 5.92. The Labute approximate surface area is 225 Å². The SMILES string of the molecule is CN(C)S(=O)(=O)N1CCC(c2ccc(-c3cc4nccnc4c(NC[C@@H]4CNCCO4)n3)cc2)CC1.S. The normalized spacial score (nSPS) is 19.6. The number of benzene rings is 1. The zero-order valence-electron chi connectivity index (χ0n) is 21.2. The number of nitrogens with zero attached hydrogens (tertiary/aromatic N) is 5. The summed E-state index contributed by atoms with van der Waals surface area (Å²) in [6.07, 6.45) is 5.06. The van der Waals surface area contributed by atoms with Crippen LogP contribution in [0, 0.1) is 0 Å². The van der Waals surface area contributed by atoms with Crippen molar-refractivity contribution in [3.8, 4) is 11.3 Å². The van der Waals surface area contributed by atoms with Gasteiger partial charge in [-0.3, -0.25) is 4.98 Å². The van der Waals surface area contributed by atoms with E-state index in [1.165, 1.54) is 9.87 Å². The predicted molar refractivity (Wildman–Crippen MR) is 150 cm³/mol. The van der Waals surface area contributed by atoms with E-state index in [1.807, 2.05) is 6.07 Å². The summed E-state index contributed by atoms with van der Waals surface area (Å²) in [5.74, 6) is 1.03. The number of pyridine rings is 1. The molecule has 200 valence electrons. The van der Waals surface area contributed by atoms with E-state index in [0.29, 0.717) is 38.0 Å². The molecule has 2 saturated heterocycles. The number of morpholine rings is 1. The van der Waals surface area contributed by atoms with Crippen molar-refractivity contribution in [2.24, 2.45) is 0 Å². The molecular weight excluding hydrogens is 510 g/mol. The number of anilines is 1. The topological polar surface area (TPSA) is 113 Å². The van der Waals surface area contributed by atoms with Gasteiger partial charge < -0.3 is 15.4 Å². The van der Waals surface area contributed by atoms with Crippen molar-refractivity contribution in [1.82, 2.24) is 28.9 Å². The average Bonchev–Trinajstić information content (AvgIpc) is 2.92. The van der Waals surface area contributed by atoms with Gasteiger partial charge in [-0.15, -0.1) is 0 Å². The zero-order chi connectivity index (χ0) is 25.1. The van der Waals surface area contributed by atoms with Crippen molar-refractivity contribution in [3.05, 3.63) is 48.3 Å². The molecule has 5 rings (SSSR count). The number of ether oxygens (including phenoxy) is 1. The van der Waals surface area contributed by atoms with Crippen molar-refractivity contribution in [1.29, 1.82) is 0 Å². The van der Waals surface area contributed by atoms with Crippen molar-refractivity contribution in [2.45, 2.75) is 24.9 Å². The number of hydrogen-bond acceptors (Lipinski definition) is 8. The van der Waals surface area contributed by atoms with Gasteiger partial charge in [0.15, 0.2) is 5.82 Å². The Hall–Kier alpha value is -2.35. The Morgan fingerprint density at radius 2 is 1.86 bits per heavy atom. The third kappa shape index (κ3) is 6.21. The molecule has 0 aliphatic carbocycles. The third-order valence-electron chi connectivity index (χ3n) is 6.88. The highest BCUT2D eigenvalue weighted by atomic mass is 32.2. The van der Waals surface area contributed by atoms with Crippen LogP contribution in [0.25, 0.3) is 22.3 Å². The molecule has 37 heavy (non-hydrogen) atoms. The Bertz CT molecular complexity index is 1290. The maximum absolute atomic E-state index is 12.4. The molecule has 0 unspecified atom stereocenters. The number of piperidine rings is 1. The maximum Gasteiger partial charge on any atom is 0.281 e. The Balaban J connectivity index is 0.00000320. The fourth-order valence-electron chi connectivity index (χ4n) is 4.78. The second-order valence-electron chi connectivity index (χ2n) is 9.44. The van der Waals surface area contributed by atoms with Crippen molar-refractivity contribution < 1.29 is 13.2 Å². The van der Waals surface area contributed by atoms with Gasteiger partial charge in [0.25, 0.3) is 10.2 Å². The average molecular weight is 546 g/mol. The lowest BCUT2D eigenvalue weighted by Gasteiger charge is -2.33. The van der Waals surface area contributed by atoms with Crippen LogP contribution in [0.1, 0.15) is 24.3 Å². The van der Waals surface area contributed by atoms with E-state index in [9.17, 15) is 8.42 Å².